The summed E-state index contributed by atoms with van der Waals surface area (Å²) in [5.41, 5.74) is 0.303. The minimum atomic E-state index is -3.72. The quantitative estimate of drug-likeness (QED) is 0.890. The Labute approximate surface area is 134 Å². The van der Waals surface area contributed by atoms with E-state index in [1.54, 1.807) is 18.5 Å². The largest absolute Gasteiger partial charge is 0.339 e. The SMILES string of the molecule is Cc1cc(=O)[nH]c([C@@H]2CCCCN2S(=O)(=O)c2cn(C)cn2)n1. The van der Waals surface area contributed by atoms with Gasteiger partial charge in [-0.05, 0) is 19.8 Å². The molecule has 124 valence electrons. The van der Waals surface area contributed by atoms with Gasteiger partial charge in [0.15, 0.2) is 5.03 Å². The zero-order valence-electron chi connectivity index (χ0n) is 13.1. The summed E-state index contributed by atoms with van der Waals surface area (Å²) in [4.78, 5) is 22.7. The second kappa shape index (κ2) is 5.89. The molecule has 0 amide bonds. The van der Waals surface area contributed by atoms with E-state index in [9.17, 15) is 13.2 Å². The van der Waals surface area contributed by atoms with Crippen molar-refractivity contribution in [3.05, 3.63) is 40.5 Å². The average Bonchev–Trinajstić information content (AvgIpc) is 2.94. The number of aromatic amines is 1. The smallest absolute Gasteiger partial charge is 0.262 e. The lowest BCUT2D eigenvalue weighted by Crippen LogP contribution is -2.40. The molecule has 9 heteroatoms. The van der Waals surface area contributed by atoms with Gasteiger partial charge in [-0.25, -0.2) is 18.4 Å². The lowest BCUT2D eigenvalue weighted by Gasteiger charge is -2.33. The van der Waals surface area contributed by atoms with Crippen LogP contribution < -0.4 is 5.56 Å². The fourth-order valence-corrected chi connectivity index (χ4v) is 4.50. The van der Waals surface area contributed by atoms with Crippen LogP contribution in [0.3, 0.4) is 0 Å². The van der Waals surface area contributed by atoms with Crippen molar-refractivity contribution in [1.29, 1.82) is 0 Å². The summed E-state index contributed by atoms with van der Waals surface area (Å²) in [6, 6.07) is 0.924. The van der Waals surface area contributed by atoms with Gasteiger partial charge in [-0.15, -0.1) is 0 Å². The molecule has 0 spiro atoms. The van der Waals surface area contributed by atoms with Crippen molar-refractivity contribution in [3.63, 3.8) is 0 Å². The van der Waals surface area contributed by atoms with Crippen molar-refractivity contribution in [2.45, 2.75) is 37.3 Å². The lowest BCUT2D eigenvalue weighted by molar-refractivity contribution is 0.245. The molecule has 3 heterocycles. The first kappa shape index (κ1) is 15.9. The maximum atomic E-state index is 12.9. The Balaban J connectivity index is 2.03. The van der Waals surface area contributed by atoms with E-state index in [4.69, 9.17) is 0 Å². The molecule has 2 aromatic rings. The Bertz CT molecular complexity index is 871. The van der Waals surface area contributed by atoms with Gasteiger partial charge in [0, 0.05) is 31.5 Å². The number of H-pyrrole nitrogens is 1. The topological polar surface area (TPSA) is 101 Å². The van der Waals surface area contributed by atoms with Crippen molar-refractivity contribution in [2.75, 3.05) is 6.54 Å². The number of nitrogens with zero attached hydrogens (tertiary/aromatic N) is 4. The lowest BCUT2D eigenvalue weighted by atomic mass is 10.0. The van der Waals surface area contributed by atoms with Gasteiger partial charge in [0.1, 0.15) is 5.82 Å². The van der Waals surface area contributed by atoms with Crippen molar-refractivity contribution >= 4 is 10.0 Å². The van der Waals surface area contributed by atoms with Crippen molar-refractivity contribution < 1.29 is 8.42 Å². The fraction of sp³-hybridized carbons (Fsp3) is 0.500. The summed E-state index contributed by atoms with van der Waals surface area (Å²) in [6.45, 7) is 2.11. The van der Waals surface area contributed by atoms with Crippen LogP contribution in [0.4, 0.5) is 0 Å². The van der Waals surface area contributed by atoms with E-state index in [-0.39, 0.29) is 10.6 Å². The highest BCUT2D eigenvalue weighted by molar-refractivity contribution is 7.89. The highest BCUT2D eigenvalue weighted by atomic mass is 32.2. The van der Waals surface area contributed by atoms with Crippen LogP contribution in [0, 0.1) is 6.92 Å². The number of aromatic nitrogens is 4. The molecule has 1 aliphatic rings. The molecular formula is C14H19N5O3S. The normalized spacial score (nSPS) is 19.8. The summed E-state index contributed by atoms with van der Waals surface area (Å²) < 4.78 is 28.8. The summed E-state index contributed by atoms with van der Waals surface area (Å²) in [5.74, 6) is 0.397. The Morgan fingerprint density at radius 3 is 2.78 bits per heavy atom. The third-order valence-corrected chi connectivity index (χ3v) is 5.71. The minimum Gasteiger partial charge on any atom is -0.339 e. The standard InChI is InChI=1S/C14H19N5O3S/c1-10-7-12(20)17-14(16-10)11-5-3-4-6-19(11)23(21,22)13-8-18(2)9-15-13/h7-9,11H,3-6H2,1-2H3,(H,16,17,20)/t11-/m0/s1. The molecule has 23 heavy (non-hydrogen) atoms. The predicted molar refractivity (Wildman–Crippen MR) is 83.3 cm³/mol. The van der Waals surface area contributed by atoms with E-state index in [1.807, 2.05) is 0 Å². The van der Waals surface area contributed by atoms with Gasteiger partial charge in [0.05, 0.1) is 12.4 Å². The second-order valence-electron chi connectivity index (χ2n) is 5.78. The molecule has 0 aliphatic carbocycles. The van der Waals surface area contributed by atoms with Gasteiger partial charge < -0.3 is 9.55 Å². The number of rotatable bonds is 3. The minimum absolute atomic E-state index is 0.0156. The summed E-state index contributed by atoms with van der Waals surface area (Å²) >= 11 is 0. The number of hydrogen-bond donors (Lipinski definition) is 1. The maximum Gasteiger partial charge on any atom is 0.262 e. The van der Waals surface area contributed by atoms with Gasteiger partial charge in [-0.3, -0.25) is 4.79 Å². The number of aryl methyl sites for hydroxylation is 2. The molecule has 0 bridgehead atoms. The molecule has 8 nitrogen and oxygen atoms in total. The van der Waals surface area contributed by atoms with Crippen LogP contribution in [0.5, 0.6) is 0 Å². The molecular weight excluding hydrogens is 318 g/mol. The van der Waals surface area contributed by atoms with Gasteiger partial charge in [-0.1, -0.05) is 6.42 Å². The predicted octanol–water partition coefficient (Wildman–Crippen LogP) is 0.728. The monoisotopic (exact) mass is 337 g/mol. The molecule has 2 aromatic heterocycles. The van der Waals surface area contributed by atoms with Crippen molar-refractivity contribution in [1.82, 2.24) is 23.8 Å². The van der Waals surface area contributed by atoms with Crippen LogP contribution in [0.25, 0.3) is 0 Å². The van der Waals surface area contributed by atoms with Gasteiger partial charge in [-0.2, -0.15) is 4.31 Å². The van der Waals surface area contributed by atoms with Crippen LogP contribution >= 0.6 is 0 Å². The molecule has 1 saturated heterocycles. The first-order valence-electron chi connectivity index (χ1n) is 7.45. The molecule has 1 N–H and O–H groups in total. The first-order valence-corrected chi connectivity index (χ1v) is 8.89. The summed E-state index contributed by atoms with van der Waals surface area (Å²) in [6.07, 6.45) is 5.22. The van der Waals surface area contributed by atoms with Crippen LogP contribution in [-0.4, -0.2) is 38.8 Å². The molecule has 1 atom stereocenters. The van der Waals surface area contributed by atoms with Crippen molar-refractivity contribution in [3.8, 4) is 0 Å². The van der Waals surface area contributed by atoms with E-state index >= 15 is 0 Å². The fourth-order valence-electron chi connectivity index (χ4n) is 2.87. The zero-order chi connectivity index (χ0) is 16.6. The number of nitrogens with one attached hydrogen (secondary N) is 1. The third kappa shape index (κ3) is 3.06. The van der Waals surface area contributed by atoms with E-state index < -0.39 is 16.1 Å². The van der Waals surface area contributed by atoms with E-state index in [1.165, 1.54) is 22.9 Å². The van der Waals surface area contributed by atoms with Crippen LogP contribution in [0.2, 0.25) is 0 Å². The van der Waals surface area contributed by atoms with Crippen molar-refractivity contribution in [2.24, 2.45) is 7.05 Å². The molecule has 3 rings (SSSR count). The maximum absolute atomic E-state index is 12.9. The Hall–Kier alpha value is -2.00. The van der Waals surface area contributed by atoms with Crippen LogP contribution in [0.15, 0.2) is 28.4 Å². The second-order valence-corrected chi connectivity index (χ2v) is 7.61. The number of piperidine rings is 1. The van der Waals surface area contributed by atoms with Crippen LogP contribution in [0.1, 0.15) is 36.8 Å². The highest BCUT2D eigenvalue weighted by Crippen LogP contribution is 2.33. The number of sulfonamides is 1. The molecule has 0 unspecified atom stereocenters. The van der Waals surface area contributed by atoms with Gasteiger partial charge >= 0.3 is 0 Å². The van der Waals surface area contributed by atoms with E-state index in [2.05, 4.69) is 15.0 Å². The summed E-state index contributed by atoms with van der Waals surface area (Å²) in [5, 5.41) is 0.0156. The zero-order valence-corrected chi connectivity index (χ0v) is 13.9. The molecule has 0 saturated carbocycles. The number of hydrogen-bond acceptors (Lipinski definition) is 5. The molecule has 1 fully saturated rings. The molecule has 1 aliphatic heterocycles. The van der Waals surface area contributed by atoms with E-state index in [0.29, 0.717) is 24.5 Å². The van der Waals surface area contributed by atoms with Gasteiger partial charge in [0.2, 0.25) is 0 Å². The van der Waals surface area contributed by atoms with Crippen LogP contribution in [-0.2, 0) is 17.1 Å². The van der Waals surface area contributed by atoms with E-state index in [0.717, 1.165) is 12.8 Å². The Kier molecular flexibility index (Phi) is 4.07. The Morgan fingerprint density at radius 2 is 2.13 bits per heavy atom. The highest BCUT2D eigenvalue weighted by Gasteiger charge is 2.37. The molecule has 0 aromatic carbocycles. The Morgan fingerprint density at radius 1 is 1.35 bits per heavy atom. The average molecular weight is 337 g/mol. The first-order chi connectivity index (χ1) is 10.9. The third-order valence-electron chi connectivity index (χ3n) is 3.91. The van der Waals surface area contributed by atoms with Gasteiger partial charge in [0.25, 0.3) is 15.6 Å². The summed E-state index contributed by atoms with van der Waals surface area (Å²) in [7, 11) is -2.00. The number of imidazole rings is 1. The molecule has 0 radical (unpaired) electrons.